The summed E-state index contributed by atoms with van der Waals surface area (Å²) in [5.74, 6) is 0.853. The molecule has 1 N–H and O–H groups in total. The smallest absolute Gasteiger partial charge is 0.183 e. The lowest BCUT2D eigenvalue weighted by Gasteiger charge is -2.10. The number of thiazole rings is 1. The van der Waals surface area contributed by atoms with Gasteiger partial charge < -0.3 is 14.8 Å². The molecule has 1 aromatic heterocycles. The zero-order valence-electron chi connectivity index (χ0n) is 11.3. The van der Waals surface area contributed by atoms with Crippen LogP contribution in [0.15, 0.2) is 29.6 Å². The normalized spacial score (nSPS) is 12.2. The van der Waals surface area contributed by atoms with Gasteiger partial charge in [-0.05, 0) is 31.2 Å². The van der Waals surface area contributed by atoms with Crippen LogP contribution in [0.1, 0.15) is 6.92 Å². The molecule has 1 atom stereocenters. The lowest BCUT2D eigenvalue weighted by atomic mass is 10.2. The van der Waals surface area contributed by atoms with E-state index in [4.69, 9.17) is 9.47 Å². The van der Waals surface area contributed by atoms with E-state index in [-0.39, 0.29) is 6.04 Å². The van der Waals surface area contributed by atoms with Gasteiger partial charge in [-0.1, -0.05) is 0 Å². The van der Waals surface area contributed by atoms with Gasteiger partial charge >= 0.3 is 0 Å². The van der Waals surface area contributed by atoms with E-state index in [1.807, 2.05) is 29.6 Å². The third-order valence-corrected chi connectivity index (χ3v) is 3.45. The van der Waals surface area contributed by atoms with Crippen LogP contribution >= 0.6 is 11.3 Å². The Morgan fingerprint density at radius 3 is 2.63 bits per heavy atom. The van der Waals surface area contributed by atoms with E-state index in [2.05, 4.69) is 17.2 Å². The Morgan fingerprint density at radius 2 is 2.00 bits per heavy atom. The van der Waals surface area contributed by atoms with Crippen molar-refractivity contribution < 1.29 is 9.47 Å². The molecule has 1 aromatic carbocycles. The molecule has 0 spiro atoms. The van der Waals surface area contributed by atoms with Crippen molar-refractivity contribution in [1.82, 2.24) is 4.98 Å². The van der Waals surface area contributed by atoms with Gasteiger partial charge in [-0.15, -0.1) is 11.3 Å². The topological polar surface area (TPSA) is 43.4 Å². The number of anilines is 1. The number of benzene rings is 1. The maximum Gasteiger partial charge on any atom is 0.183 e. The molecule has 19 heavy (non-hydrogen) atoms. The van der Waals surface area contributed by atoms with Crippen molar-refractivity contribution in [2.24, 2.45) is 0 Å². The van der Waals surface area contributed by atoms with E-state index in [9.17, 15) is 0 Å². The quantitative estimate of drug-likeness (QED) is 0.880. The lowest BCUT2D eigenvalue weighted by Crippen LogP contribution is -2.20. The monoisotopic (exact) mass is 278 g/mol. The van der Waals surface area contributed by atoms with Crippen LogP contribution in [0, 0.1) is 0 Å². The summed E-state index contributed by atoms with van der Waals surface area (Å²) in [7, 11) is 3.36. The fraction of sp³-hybridized carbons (Fsp3) is 0.357. The first-order valence-electron chi connectivity index (χ1n) is 6.08. The van der Waals surface area contributed by atoms with Gasteiger partial charge in [-0.3, -0.25) is 0 Å². The molecule has 0 unspecified atom stereocenters. The Morgan fingerprint density at radius 1 is 1.26 bits per heavy atom. The summed E-state index contributed by atoms with van der Waals surface area (Å²) < 4.78 is 10.2. The van der Waals surface area contributed by atoms with Crippen molar-refractivity contribution in [2.45, 2.75) is 13.0 Å². The first-order chi connectivity index (χ1) is 9.22. The molecule has 0 amide bonds. The molecule has 0 aliphatic heterocycles. The van der Waals surface area contributed by atoms with Crippen LogP contribution in [0.4, 0.5) is 5.13 Å². The third-order valence-electron chi connectivity index (χ3n) is 2.68. The van der Waals surface area contributed by atoms with Crippen LogP contribution in [0.5, 0.6) is 5.75 Å². The number of methoxy groups -OCH3 is 2. The molecular formula is C14H18N2O2S. The van der Waals surface area contributed by atoms with E-state index < -0.39 is 0 Å². The Kier molecular flexibility index (Phi) is 4.76. The molecule has 2 rings (SSSR count). The van der Waals surface area contributed by atoms with E-state index in [0.717, 1.165) is 22.1 Å². The molecule has 2 aromatic rings. The minimum atomic E-state index is 0.250. The van der Waals surface area contributed by atoms with Gasteiger partial charge in [0.05, 0.1) is 19.4 Å². The van der Waals surface area contributed by atoms with Crippen molar-refractivity contribution in [3.63, 3.8) is 0 Å². The Labute approximate surface area is 117 Å². The summed E-state index contributed by atoms with van der Waals surface area (Å²) in [5.41, 5.74) is 2.06. The third kappa shape index (κ3) is 3.68. The molecular weight excluding hydrogens is 260 g/mol. The van der Waals surface area contributed by atoms with Crippen molar-refractivity contribution in [3.8, 4) is 17.0 Å². The summed E-state index contributed by atoms with van der Waals surface area (Å²) in [5, 5.41) is 6.27. The van der Waals surface area contributed by atoms with Gasteiger partial charge in [0.15, 0.2) is 5.13 Å². The fourth-order valence-electron chi connectivity index (χ4n) is 1.74. The predicted molar refractivity (Wildman–Crippen MR) is 79.1 cm³/mol. The molecule has 0 fully saturated rings. The van der Waals surface area contributed by atoms with Gasteiger partial charge in [-0.2, -0.15) is 0 Å². The van der Waals surface area contributed by atoms with Gasteiger partial charge in [0, 0.05) is 24.1 Å². The van der Waals surface area contributed by atoms with Crippen LogP contribution in [0.3, 0.4) is 0 Å². The van der Waals surface area contributed by atoms with Crippen molar-refractivity contribution in [1.29, 1.82) is 0 Å². The lowest BCUT2D eigenvalue weighted by molar-refractivity contribution is 0.190. The maximum absolute atomic E-state index is 5.15. The highest BCUT2D eigenvalue weighted by atomic mass is 32.1. The Hall–Kier alpha value is -1.59. The summed E-state index contributed by atoms with van der Waals surface area (Å²) in [4.78, 5) is 4.57. The van der Waals surface area contributed by atoms with E-state index in [1.54, 1.807) is 25.6 Å². The van der Waals surface area contributed by atoms with Gasteiger partial charge in [0.25, 0.3) is 0 Å². The van der Waals surface area contributed by atoms with Crippen LogP contribution in [0.25, 0.3) is 11.3 Å². The van der Waals surface area contributed by atoms with Crippen LogP contribution in [0.2, 0.25) is 0 Å². The highest BCUT2D eigenvalue weighted by molar-refractivity contribution is 7.14. The number of ether oxygens (including phenoxy) is 2. The molecule has 5 heteroatoms. The standard InChI is InChI=1S/C14H18N2O2S/c1-10(8-17-2)15-14-16-13(9-19-14)11-4-6-12(18-3)7-5-11/h4-7,9-10H,8H2,1-3H3,(H,15,16)/t10-/m0/s1. The summed E-state index contributed by atoms with van der Waals surface area (Å²) in [6, 6.07) is 8.15. The molecule has 0 aliphatic rings. The number of nitrogens with one attached hydrogen (secondary N) is 1. The number of hydrogen-bond donors (Lipinski definition) is 1. The second-order valence-electron chi connectivity index (χ2n) is 4.27. The van der Waals surface area contributed by atoms with Gasteiger partial charge in [0.2, 0.25) is 0 Å². The van der Waals surface area contributed by atoms with Gasteiger partial charge in [-0.25, -0.2) is 4.98 Å². The first-order valence-corrected chi connectivity index (χ1v) is 6.96. The van der Waals surface area contributed by atoms with E-state index in [1.165, 1.54) is 0 Å². The average molecular weight is 278 g/mol. The predicted octanol–water partition coefficient (Wildman–Crippen LogP) is 3.27. The number of nitrogens with zero attached hydrogens (tertiary/aromatic N) is 1. The zero-order valence-corrected chi connectivity index (χ0v) is 12.2. The fourth-order valence-corrected chi connectivity index (χ4v) is 2.57. The minimum absolute atomic E-state index is 0.250. The maximum atomic E-state index is 5.15. The van der Waals surface area contributed by atoms with Crippen LogP contribution < -0.4 is 10.1 Å². The highest BCUT2D eigenvalue weighted by Crippen LogP contribution is 2.26. The molecule has 0 saturated carbocycles. The van der Waals surface area contributed by atoms with Crippen LogP contribution in [-0.2, 0) is 4.74 Å². The zero-order chi connectivity index (χ0) is 13.7. The molecule has 0 saturated heterocycles. The first kappa shape index (κ1) is 13.8. The Bertz CT molecular complexity index is 510. The van der Waals surface area contributed by atoms with E-state index in [0.29, 0.717) is 6.61 Å². The molecule has 0 aliphatic carbocycles. The Balaban J connectivity index is 2.07. The number of rotatable bonds is 6. The van der Waals surface area contributed by atoms with Crippen molar-refractivity contribution in [2.75, 3.05) is 26.1 Å². The average Bonchev–Trinajstić information content (AvgIpc) is 2.87. The van der Waals surface area contributed by atoms with E-state index >= 15 is 0 Å². The largest absolute Gasteiger partial charge is 0.497 e. The summed E-state index contributed by atoms with van der Waals surface area (Å²) in [6.45, 7) is 2.73. The summed E-state index contributed by atoms with van der Waals surface area (Å²) >= 11 is 1.60. The summed E-state index contributed by atoms with van der Waals surface area (Å²) in [6.07, 6.45) is 0. The molecule has 0 radical (unpaired) electrons. The number of aromatic nitrogens is 1. The molecule has 4 nitrogen and oxygen atoms in total. The minimum Gasteiger partial charge on any atom is -0.497 e. The molecule has 0 bridgehead atoms. The molecule has 1 heterocycles. The molecule has 102 valence electrons. The van der Waals surface area contributed by atoms with Crippen LogP contribution in [-0.4, -0.2) is 31.9 Å². The second-order valence-corrected chi connectivity index (χ2v) is 5.13. The SMILES string of the molecule is COC[C@H](C)Nc1nc(-c2ccc(OC)cc2)cs1. The van der Waals surface area contributed by atoms with Crippen molar-refractivity contribution >= 4 is 16.5 Å². The van der Waals surface area contributed by atoms with Crippen molar-refractivity contribution in [3.05, 3.63) is 29.6 Å². The highest BCUT2D eigenvalue weighted by Gasteiger charge is 2.07. The van der Waals surface area contributed by atoms with Gasteiger partial charge in [0.1, 0.15) is 5.75 Å². The second kappa shape index (κ2) is 6.54. The number of hydrogen-bond acceptors (Lipinski definition) is 5.